The summed E-state index contributed by atoms with van der Waals surface area (Å²) in [5.74, 6) is 0.112. The number of aromatic nitrogens is 2. The largest absolute Gasteiger partial charge is 0.391 e. The molecule has 0 aromatic carbocycles. The highest BCUT2D eigenvalue weighted by Crippen LogP contribution is 2.38. The molecule has 18 heavy (non-hydrogen) atoms. The summed E-state index contributed by atoms with van der Waals surface area (Å²) in [5.41, 5.74) is 3.56. The Balaban J connectivity index is 2.35. The van der Waals surface area contributed by atoms with Crippen LogP contribution >= 0.6 is 0 Å². The number of hydrogen-bond donors (Lipinski definition) is 3. The lowest BCUT2D eigenvalue weighted by Gasteiger charge is -2.25. The van der Waals surface area contributed by atoms with Crippen molar-refractivity contribution in [1.29, 1.82) is 0 Å². The summed E-state index contributed by atoms with van der Waals surface area (Å²) in [7, 11) is 0. The summed E-state index contributed by atoms with van der Waals surface area (Å²) >= 11 is 0. The number of nitrogens with two attached hydrogens (primary N) is 1. The maximum atomic E-state index is 11.7. The first-order chi connectivity index (χ1) is 8.31. The molecule has 0 saturated carbocycles. The highest BCUT2D eigenvalue weighted by Gasteiger charge is 2.46. The molecule has 2 heterocycles. The van der Waals surface area contributed by atoms with E-state index in [1.807, 2.05) is 0 Å². The van der Waals surface area contributed by atoms with Gasteiger partial charge in [0.15, 0.2) is 6.23 Å². The lowest BCUT2D eigenvalue weighted by molar-refractivity contribution is -0.100. The minimum atomic E-state index is -1.25. The van der Waals surface area contributed by atoms with E-state index in [1.165, 1.54) is 16.8 Å². The van der Waals surface area contributed by atoms with Gasteiger partial charge < -0.3 is 20.7 Å². The fourth-order valence-electron chi connectivity index (χ4n) is 2.12. The van der Waals surface area contributed by atoms with Gasteiger partial charge in [-0.1, -0.05) is 0 Å². The van der Waals surface area contributed by atoms with Crippen LogP contribution in [0.15, 0.2) is 17.1 Å². The van der Waals surface area contributed by atoms with Crippen LogP contribution in [0.5, 0.6) is 0 Å². The molecule has 0 spiro atoms. The summed E-state index contributed by atoms with van der Waals surface area (Å²) in [6, 6.07) is 1.45. The first kappa shape index (κ1) is 13.0. The molecule has 0 aliphatic carbocycles. The molecule has 0 bridgehead atoms. The Morgan fingerprint density at radius 2 is 2.39 bits per heavy atom. The number of anilines is 1. The van der Waals surface area contributed by atoms with Crippen molar-refractivity contribution in [1.82, 2.24) is 9.55 Å². The van der Waals surface area contributed by atoms with Crippen molar-refractivity contribution in [3.8, 4) is 0 Å². The predicted molar refractivity (Wildman–Crippen MR) is 63.7 cm³/mol. The second-order valence-electron chi connectivity index (χ2n) is 4.87. The van der Waals surface area contributed by atoms with Gasteiger partial charge in [0.05, 0.1) is 12.2 Å². The molecule has 0 amide bonds. The van der Waals surface area contributed by atoms with E-state index in [1.54, 1.807) is 13.8 Å². The minimum Gasteiger partial charge on any atom is -0.391 e. The number of rotatable bonds is 2. The van der Waals surface area contributed by atoms with E-state index in [0.717, 1.165) is 0 Å². The third-order valence-corrected chi connectivity index (χ3v) is 3.09. The molecule has 1 aliphatic rings. The molecule has 1 aromatic heterocycles. The molecular weight excluding hydrogens is 238 g/mol. The normalized spacial score (nSPS) is 33.6. The molecule has 1 aromatic rings. The SMILES string of the molecule is C[C@H](O)[C@@H]1C[C@@](C)(O)[C@H](n2ccc(N)nc2=O)O1. The van der Waals surface area contributed by atoms with Gasteiger partial charge in [-0.25, -0.2) is 4.79 Å². The lowest BCUT2D eigenvalue weighted by atomic mass is 9.98. The standard InChI is InChI=1S/C11H17N3O4/c1-6(15)7-5-11(2,17)9(18-7)14-4-3-8(12)13-10(14)16/h3-4,6-7,9,15,17H,5H2,1-2H3,(H2,12,13,16)/t6-,7-,9+,11+/m0/s1. The molecule has 1 saturated heterocycles. The van der Waals surface area contributed by atoms with Gasteiger partial charge in [0.2, 0.25) is 0 Å². The van der Waals surface area contributed by atoms with Crippen LogP contribution in [0.1, 0.15) is 26.5 Å². The van der Waals surface area contributed by atoms with Crippen LogP contribution < -0.4 is 11.4 Å². The molecule has 4 N–H and O–H groups in total. The van der Waals surface area contributed by atoms with Crippen LogP contribution in [0, 0.1) is 0 Å². The summed E-state index contributed by atoms with van der Waals surface area (Å²) in [4.78, 5) is 15.3. The molecule has 7 heteroatoms. The third-order valence-electron chi connectivity index (χ3n) is 3.09. The quantitative estimate of drug-likeness (QED) is 0.641. The highest BCUT2D eigenvalue weighted by atomic mass is 16.5. The Bertz CT molecular complexity index is 497. The molecule has 1 fully saturated rings. The van der Waals surface area contributed by atoms with Gasteiger partial charge in [-0.05, 0) is 19.9 Å². The van der Waals surface area contributed by atoms with Crippen molar-refractivity contribution in [2.75, 3.05) is 5.73 Å². The van der Waals surface area contributed by atoms with E-state index in [9.17, 15) is 15.0 Å². The number of ether oxygens (including phenoxy) is 1. The Kier molecular flexibility index (Phi) is 3.14. The molecule has 1 aliphatic heterocycles. The van der Waals surface area contributed by atoms with Crippen molar-refractivity contribution in [2.24, 2.45) is 0 Å². The highest BCUT2D eigenvalue weighted by molar-refractivity contribution is 5.23. The van der Waals surface area contributed by atoms with E-state index in [2.05, 4.69) is 4.98 Å². The molecule has 7 nitrogen and oxygen atoms in total. The topological polar surface area (TPSA) is 111 Å². The van der Waals surface area contributed by atoms with Gasteiger partial charge in [-0.2, -0.15) is 4.98 Å². The number of nitrogen functional groups attached to an aromatic ring is 1. The number of hydrogen-bond acceptors (Lipinski definition) is 6. The average molecular weight is 255 g/mol. The smallest absolute Gasteiger partial charge is 0.351 e. The first-order valence-corrected chi connectivity index (χ1v) is 5.72. The van der Waals surface area contributed by atoms with Crippen molar-refractivity contribution in [2.45, 2.75) is 44.3 Å². The van der Waals surface area contributed by atoms with E-state index < -0.39 is 29.7 Å². The Morgan fingerprint density at radius 1 is 1.72 bits per heavy atom. The summed E-state index contributed by atoms with van der Waals surface area (Å²) < 4.78 is 6.71. The molecule has 100 valence electrons. The van der Waals surface area contributed by atoms with Crippen LogP contribution in [0.4, 0.5) is 5.82 Å². The number of aliphatic hydroxyl groups excluding tert-OH is 1. The number of aliphatic hydroxyl groups is 2. The van der Waals surface area contributed by atoms with E-state index in [0.29, 0.717) is 0 Å². The summed E-state index contributed by atoms with van der Waals surface area (Å²) in [6.45, 7) is 3.13. The average Bonchev–Trinajstić information content (AvgIpc) is 2.55. The molecule has 4 atom stereocenters. The number of nitrogens with zero attached hydrogens (tertiary/aromatic N) is 2. The Morgan fingerprint density at radius 3 is 2.89 bits per heavy atom. The van der Waals surface area contributed by atoms with Crippen LogP contribution in [-0.4, -0.2) is 37.6 Å². The monoisotopic (exact) mass is 255 g/mol. The molecule has 0 unspecified atom stereocenters. The van der Waals surface area contributed by atoms with Crippen molar-refractivity contribution in [3.05, 3.63) is 22.7 Å². The van der Waals surface area contributed by atoms with E-state index >= 15 is 0 Å². The van der Waals surface area contributed by atoms with Crippen LogP contribution in [0.3, 0.4) is 0 Å². The predicted octanol–water partition coefficient (Wildman–Crippen LogP) is -0.755. The second kappa shape index (κ2) is 4.34. The van der Waals surface area contributed by atoms with Gasteiger partial charge >= 0.3 is 5.69 Å². The maximum Gasteiger partial charge on any atom is 0.351 e. The van der Waals surface area contributed by atoms with Gasteiger partial charge in [-0.3, -0.25) is 4.57 Å². The zero-order valence-electron chi connectivity index (χ0n) is 10.3. The Hall–Kier alpha value is -1.44. The summed E-state index contributed by atoms with van der Waals surface area (Å²) in [6.07, 6.45) is -0.452. The van der Waals surface area contributed by atoms with E-state index in [-0.39, 0.29) is 12.2 Å². The Labute approximate surface area is 104 Å². The third kappa shape index (κ3) is 2.24. The molecular formula is C11H17N3O4. The van der Waals surface area contributed by atoms with Gasteiger partial charge in [0.1, 0.15) is 11.4 Å². The van der Waals surface area contributed by atoms with Crippen LogP contribution in [0.2, 0.25) is 0 Å². The van der Waals surface area contributed by atoms with Crippen molar-refractivity contribution < 1.29 is 14.9 Å². The zero-order valence-corrected chi connectivity index (χ0v) is 10.3. The maximum absolute atomic E-state index is 11.7. The minimum absolute atomic E-state index is 0.112. The van der Waals surface area contributed by atoms with Crippen molar-refractivity contribution >= 4 is 5.82 Å². The van der Waals surface area contributed by atoms with E-state index in [4.69, 9.17) is 10.5 Å². The second-order valence-corrected chi connectivity index (χ2v) is 4.87. The lowest BCUT2D eigenvalue weighted by Crippen LogP contribution is -2.38. The first-order valence-electron chi connectivity index (χ1n) is 5.72. The van der Waals surface area contributed by atoms with Gasteiger partial charge in [0.25, 0.3) is 0 Å². The van der Waals surface area contributed by atoms with Crippen molar-refractivity contribution in [3.63, 3.8) is 0 Å². The fourth-order valence-corrected chi connectivity index (χ4v) is 2.12. The van der Waals surface area contributed by atoms with Gasteiger partial charge in [0, 0.05) is 12.6 Å². The van der Waals surface area contributed by atoms with Crippen LogP contribution in [0.25, 0.3) is 0 Å². The summed E-state index contributed by atoms with van der Waals surface area (Å²) in [5, 5.41) is 19.8. The fraction of sp³-hybridized carbons (Fsp3) is 0.636. The van der Waals surface area contributed by atoms with Crippen LogP contribution in [-0.2, 0) is 4.74 Å². The molecule has 0 radical (unpaired) electrons. The van der Waals surface area contributed by atoms with Gasteiger partial charge in [-0.15, -0.1) is 0 Å². The zero-order chi connectivity index (χ0) is 13.5. The molecule has 2 rings (SSSR count).